The molecule has 6 nitrogen and oxygen atoms in total. The largest absolute Gasteiger partial charge is 0.409 e. The number of aliphatic hydroxyl groups is 2. The third kappa shape index (κ3) is 4.72. The Kier molecular flexibility index (Phi) is 7.08. The van der Waals surface area contributed by atoms with E-state index < -0.39 is 33.4 Å². The predicted octanol–water partition coefficient (Wildman–Crippen LogP) is 3.24. The number of fused-ring (bicyclic) bond motifs is 1. The van der Waals surface area contributed by atoms with Gasteiger partial charge < -0.3 is 14.9 Å². The Morgan fingerprint density at radius 3 is 2.12 bits per heavy atom. The van der Waals surface area contributed by atoms with Crippen LogP contribution in [0.25, 0.3) is 0 Å². The maximum atomic E-state index is 14.3. The Labute approximate surface area is 249 Å². The zero-order valence-corrected chi connectivity index (χ0v) is 23.6. The van der Waals surface area contributed by atoms with Gasteiger partial charge in [-0.25, -0.2) is 0 Å². The van der Waals surface area contributed by atoms with E-state index in [-0.39, 0.29) is 24.9 Å². The lowest BCUT2D eigenvalue weighted by molar-refractivity contribution is -0.168. The molecule has 1 atom stereocenters. The molecule has 40 heavy (non-hydrogen) atoms. The van der Waals surface area contributed by atoms with Crippen molar-refractivity contribution < 1.29 is 19.7 Å². The number of nitrogens with zero attached hydrogens (tertiary/aromatic N) is 2. The maximum Gasteiger partial charge on any atom is 0.257 e. The summed E-state index contributed by atoms with van der Waals surface area (Å²) in [6, 6.07) is 15.1. The fourth-order valence-electron chi connectivity index (χ4n) is 5.40. The maximum absolute atomic E-state index is 14.3. The quantitative estimate of drug-likeness (QED) is 0.409. The van der Waals surface area contributed by atoms with Gasteiger partial charge in [0.15, 0.2) is 5.72 Å². The van der Waals surface area contributed by atoms with Gasteiger partial charge in [0, 0.05) is 33.3 Å². The van der Waals surface area contributed by atoms with Gasteiger partial charge in [-0.2, -0.15) is 0 Å². The van der Waals surface area contributed by atoms with Crippen LogP contribution in [-0.4, -0.2) is 68.2 Å². The van der Waals surface area contributed by atoms with E-state index in [1.54, 1.807) is 68.4 Å². The second-order valence-electron chi connectivity index (χ2n) is 11.1. The fraction of sp³-hybridized carbons (Fsp3) is 0.357. The van der Waals surface area contributed by atoms with Gasteiger partial charge in [-0.1, -0.05) is 47.5 Å². The van der Waals surface area contributed by atoms with E-state index in [1.165, 1.54) is 11.1 Å². The molecule has 1 amide bonds. The summed E-state index contributed by atoms with van der Waals surface area (Å²) in [5.74, 6) is -0.427. The minimum absolute atomic E-state index is 0.0379. The number of amides is 1. The lowest BCUT2D eigenvalue weighted by Crippen LogP contribution is -2.62. The molecule has 196 valence electrons. The average Bonchev–Trinajstić information content (AvgIpc) is 3.67. The smallest absolute Gasteiger partial charge is 0.257 e. The van der Waals surface area contributed by atoms with Gasteiger partial charge >= 0.3 is 0 Å². The highest BCUT2D eigenvalue weighted by Gasteiger charge is 2.65. The molecule has 2 N–H and O–H groups in total. The number of pyridine rings is 1. The highest BCUT2D eigenvalue weighted by Crippen LogP contribution is 2.61. The van der Waals surface area contributed by atoms with Crippen LogP contribution in [0.5, 0.6) is 0 Å². The van der Waals surface area contributed by atoms with Crippen molar-refractivity contribution in [2.45, 2.75) is 55.4 Å². The number of hydrogen-bond acceptors (Lipinski definition) is 5. The first kappa shape index (κ1) is 29.3. The lowest BCUT2D eigenvalue weighted by Gasteiger charge is -2.51. The Morgan fingerprint density at radius 2 is 1.60 bits per heavy atom. The third-order valence-electron chi connectivity index (χ3n) is 7.87. The normalized spacial score (nSPS) is 20.4. The van der Waals surface area contributed by atoms with E-state index in [4.69, 9.17) is 59.3 Å². The van der Waals surface area contributed by atoms with Crippen LogP contribution in [0.1, 0.15) is 59.4 Å². The van der Waals surface area contributed by atoms with Crippen LogP contribution in [0.2, 0.25) is 10.0 Å². The molecular weight excluding hydrogens is 542 g/mol. The number of benzene rings is 2. The summed E-state index contributed by atoms with van der Waals surface area (Å²) in [4.78, 5) is 20.1. The van der Waals surface area contributed by atoms with Crippen molar-refractivity contribution in [2.75, 3.05) is 0 Å². The molecule has 12 heteroatoms. The Hall–Kier alpha value is -2.22. The summed E-state index contributed by atoms with van der Waals surface area (Å²) in [7, 11) is 25.2. The first-order valence-corrected chi connectivity index (χ1v) is 13.4. The van der Waals surface area contributed by atoms with Gasteiger partial charge in [0.1, 0.15) is 15.7 Å². The van der Waals surface area contributed by atoms with Crippen molar-refractivity contribution >= 4 is 60.5 Å². The average molecular weight is 567 g/mol. The number of halogens is 2. The molecule has 2 aliphatic rings. The van der Waals surface area contributed by atoms with E-state index in [1.807, 2.05) is 0 Å². The number of carbonyl (C=O) groups excluding carboxylic acids is 1. The summed E-state index contributed by atoms with van der Waals surface area (Å²) in [6.07, 6.45) is 2.05. The zero-order chi connectivity index (χ0) is 29.3. The monoisotopic (exact) mass is 566 g/mol. The van der Waals surface area contributed by atoms with Crippen LogP contribution in [0, 0.1) is 5.41 Å². The van der Waals surface area contributed by atoms with Gasteiger partial charge in [0.05, 0.1) is 38.6 Å². The van der Waals surface area contributed by atoms with Gasteiger partial charge in [-0.05, 0) is 73.4 Å². The number of carbonyl (C=O) groups is 1. The van der Waals surface area contributed by atoms with Crippen LogP contribution in [-0.2, 0) is 22.6 Å². The predicted molar refractivity (Wildman–Crippen MR) is 156 cm³/mol. The molecule has 5 rings (SSSR count). The van der Waals surface area contributed by atoms with Crippen molar-refractivity contribution in [2.24, 2.45) is 5.41 Å². The second-order valence-corrected chi connectivity index (χ2v) is 12.0. The van der Waals surface area contributed by atoms with E-state index in [0.29, 0.717) is 32.4 Å². The van der Waals surface area contributed by atoms with Gasteiger partial charge in [-0.3, -0.25) is 14.7 Å². The molecular formula is C28H24B4Cl2N2O4. The first-order valence-electron chi connectivity index (χ1n) is 12.7. The minimum atomic E-state index is -2.27. The highest BCUT2D eigenvalue weighted by molar-refractivity contribution is 6.45. The summed E-state index contributed by atoms with van der Waals surface area (Å²) in [5.41, 5.74) is -2.21. The molecule has 0 spiro atoms. The van der Waals surface area contributed by atoms with Gasteiger partial charge in [0.25, 0.3) is 5.91 Å². The number of rotatable bonds is 8. The molecule has 2 aromatic carbocycles. The van der Waals surface area contributed by atoms with Crippen molar-refractivity contribution in [3.8, 4) is 0 Å². The summed E-state index contributed by atoms with van der Waals surface area (Å²) in [5, 5.41) is 17.9. The fourth-order valence-corrected chi connectivity index (χ4v) is 5.64. The summed E-state index contributed by atoms with van der Waals surface area (Å²) < 4.78 is 6.68. The Morgan fingerprint density at radius 1 is 0.975 bits per heavy atom. The van der Waals surface area contributed by atoms with Gasteiger partial charge in [0.2, 0.25) is 0 Å². The van der Waals surface area contributed by atoms with Crippen LogP contribution >= 0.6 is 23.2 Å². The standard InChI is InChI=1S/C28H24B4Cl2N2O4/c1-24(2,38)17-5-10-22-21(13-17)23(37)36(15-20-9-8-19(34)14-35-20)26(22,16-3-6-18(33)7-4-16)40-28(31,32)25(11-12-25)27(29,30)39/h3-10,13-14,38-39H,11-12,15H2,1-2H3/t26-/m1/s1. The number of ether oxygens (including phenoxy) is 1. The van der Waals surface area contributed by atoms with E-state index in [9.17, 15) is 15.0 Å². The topological polar surface area (TPSA) is 82.9 Å². The molecule has 1 aliphatic heterocycles. The van der Waals surface area contributed by atoms with Crippen LogP contribution in [0.15, 0.2) is 60.8 Å². The van der Waals surface area contributed by atoms with E-state index in [0.717, 1.165) is 0 Å². The van der Waals surface area contributed by atoms with Gasteiger partial charge in [-0.15, -0.1) is 0 Å². The first-order chi connectivity index (χ1) is 18.5. The van der Waals surface area contributed by atoms with E-state index >= 15 is 0 Å². The Balaban J connectivity index is 1.77. The Bertz CT molecular complexity index is 1450. The third-order valence-corrected chi connectivity index (χ3v) is 8.35. The lowest BCUT2D eigenvalue weighted by atomic mass is 9.43. The van der Waals surface area contributed by atoms with Crippen LogP contribution in [0.4, 0.5) is 0 Å². The summed E-state index contributed by atoms with van der Waals surface area (Å²) >= 11 is 12.3. The molecule has 1 aromatic heterocycles. The van der Waals surface area contributed by atoms with Crippen LogP contribution in [0.3, 0.4) is 0 Å². The van der Waals surface area contributed by atoms with Crippen molar-refractivity contribution in [1.29, 1.82) is 0 Å². The molecule has 3 aromatic rings. The van der Waals surface area contributed by atoms with E-state index in [2.05, 4.69) is 4.98 Å². The van der Waals surface area contributed by atoms with Crippen molar-refractivity contribution in [3.63, 3.8) is 0 Å². The number of hydrogen-bond donors (Lipinski definition) is 2. The SMILES string of the molecule is [B]C([B])(O)C1(C([B])([B])O[C@]2(c3ccc(Cl)cc3)c3ccc(C(C)(C)O)cc3C(=O)N2Cc2ccc(Cl)cn2)CC1. The van der Waals surface area contributed by atoms with Crippen molar-refractivity contribution in [3.05, 3.63) is 98.8 Å². The molecule has 0 unspecified atom stereocenters. The molecule has 1 aliphatic carbocycles. The van der Waals surface area contributed by atoms with Crippen LogP contribution < -0.4 is 0 Å². The molecule has 2 heterocycles. The summed E-state index contributed by atoms with van der Waals surface area (Å²) in [6.45, 7) is 3.21. The molecule has 1 fully saturated rings. The minimum Gasteiger partial charge on any atom is -0.409 e. The molecule has 0 saturated heterocycles. The molecule has 1 saturated carbocycles. The molecule has 8 radical (unpaired) electrons. The molecule has 0 bridgehead atoms. The van der Waals surface area contributed by atoms with Crippen molar-refractivity contribution in [1.82, 2.24) is 9.88 Å². The highest BCUT2D eigenvalue weighted by atomic mass is 35.5. The zero-order valence-electron chi connectivity index (χ0n) is 22.1. The second kappa shape index (κ2) is 9.67. The number of aromatic nitrogens is 1.